The Morgan fingerprint density at radius 3 is 2.85 bits per heavy atom. The summed E-state index contributed by atoms with van der Waals surface area (Å²) in [5.41, 5.74) is 8.33. The molecule has 0 saturated heterocycles. The normalized spacial score (nSPS) is 11.2. The van der Waals surface area contributed by atoms with Gasteiger partial charge >= 0.3 is 0 Å². The number of fused-ring (bicyclic) bond motifs is 1. The van der Waals surface area contributed by atoms with Gasteiger partial charge in [0, 0.05) is 36.3 Å². The summed E-state index contributed by atoms with van der Waals surface area (Å²) in [4.78, 5) is 8.22. The van der Waals surface area contributed by atoms with E-state index in [-0.39, 0.29) is 0 Å². The minimum atomic E-state index is 0.299. The van der Waals surface area contributed by atoms with E-state index in [1.807, 2.05) is 18.2 Å². The topological polar surface area (TPSA) is 87.6 Å². The molecule has 0 spiro atoms. The number of ether oxygens (including phenoxy) is 2. The number of methoxy groups -OCH3 is 1. The van der Waals surface area contributed by atoms with E-state index >= 15 is 0 Å². The van der Waals surface area contributed by atoms with Crippen molar-refractivity contribution in [3.05, 3.63) is 46.9 Å². The van der Waals surface area contributed by atoms with Crippen LogP contribution in [0.5, 0.6) is 5.75 Å². The summed E-state index contributed by atoms with van der Waals surface area (Å²) in [7, 11) is 1.72. The van der Waals surface area contributed by atoms with E-state index in [4.69, 9.17) is 26.8 Å². The minimum Gasteiger partial charge on any atom is -0.493 e. The number of unbranched alkanes of at least 4 members (excludes halogenated alkanes) is 2. The van der Waals surface area contributed by atoms with Gasteiger partial charge in [0.15, 0.2) is 5.65 Å². The summed E-state index contributed by atoms with van der Waals surface area (Å²) in [5, 5.41) is 4.90. The van der Waals surface area contributed by atoms with Crippen LogP contribution in [0.4, 0.5) is 5.95 Å². The van der Waals surface area contributed by atoms with Crippen LogP contribution in [0.3, 0.4) is 0 Å². The molecule has 8 heteroatoms. The standard InChI is InChI=1S/C18H22ClN5O2/c1-25-8-3-2-4-9-26-16-7-5-6-15(19)14(16)10-13-11-23-24-17(13)21-12-22-18(24)20/h5-7,11-12H,2-4,8-10H2,1H3,(H2,20,21,22). The number of benzene rings is 1. The van der Waals surface area contributed by atoms with Gasteiger partial charge in [0.25, 0.3) is 0 Å². The Morgan fingerprint density at radius 2 is 2.00 bits per heavy atom. The Kier molecular flexibility index (Phi) is 6.25. The maximum absolute atomic E-state index is 6.43. The fraction of sp³-hybridized carbons (Fsp3) is 0.389. The van der Waals surface area contributed by atoms with Crippen molar-refractivity contribution < 1.29 is 9.47 Å². The van der Waals surface area contributed by atoms with Gasteiger partial charge in [-0.1, -0.05) is 17.7 Å². The Labute approximate surface area is 157 Å². The van der Waals surface area contributed by atoms with Crippen LogP contribution >= 0.6 is 11.6 Å². The van der Waals surface area contributed by atoms with Crippen molar-refractivity contribution in [3.63, 3.8) is 0 Å². The monoisotopic (exact) mass is 375 g/mol. The van der Waals surface area contributed by atoms with Crippen LogP contribution in [-0.2, 0) is 11.2 Å². The summed E-state index contributed by atoms with van der Waals surface area (Å²) in [6.45, 7) is 1.42. The number of hydrogen-bond acceptors (Lipinski definition) is 6. The van der Waals surface area contributed by atoms with Crippen LogP contribution in [0.1, 0.15) is 30.4 Å². The van der Waals surface area contributed by atoms with Crippen molar-refractivity contribution in [2.75, 3.05) is 26.1 Å². The van der Waals surface area contributed by atoms with Gasteiger partial charge in [-0.15, -0.1) is 0 Å². The lowest BCUT2D eigenvalue weighted by atomic mass is 10.1. The van der Waals surface area contributed by atoms with Gasteiger partial charge in [0.2, 0.25) is 5.95 Å². The maximum atomic E-state index is 6.43. The third-order valence-electron chi connectivity index (χ3n) is 4.10. The third kappa shape index (κ3) is 4.23. The molecular weight excluding hydrogens is 354 g/mol. The predicted molar refractivity (Wildman–Crippen MR) is 101 cm³/mol. The zero-order valence-electron chi connectivity index (χ0n) is 14.7. The summed E-state index contributed by atoms with van der Waals surface area (Å²) in [5.74, 6) is 1.08. The average Bonchev–Trinajstić information content (AvgIpc) is 3.05. The molecule has 7 nitrogen and oxygen atoms in total. The van der Waals surface area contributed by atoms with Crippen LogP contribution in [0, 0.1) is 0 Å². The van der Waals surface area contributed by atoms with Gasteiger partial charge in [-0.05, 0) is 31.4 Å². The molecule has 1 aromatic carbocycles. The number of rotatable bonds is 9. The average molecular weight is 376 g/mol. The molecule has 2 heterocycles. The van der Waals surface area contributed by atoms with Crippen LogP contribution in [-0.4, -0.2) is 39.9 Å². The maximum Gasteiger partial charge on any atom is 0.224 e. The molecule has 2 N–H and O–H groups in total. The van der Waals surface area contributed by atoms with E-state index in [1.54, 1.807) is 13.3 Å². The predicted octanol–water partition coefficient (Wildman–Crippen LogP) is 3.15. The van der Waals surface area contributed by atoms with Crippen LogP contribution in [0.25, 0.3) is 5.65 Å². The minimum absolute atomic E-state index is 0.299. The smallest absolute Gasteiger partial charge is 0.224 e. The number of nitrogen functional groups attached to an aromatic ring is 1. The van der Waals surface area contributed by atoms with Crippen molar-refractivity contribution in [1.29, 1.82) is 0 Å². The summed E-state index contributed by atoms with van der Waals surface area (Å²) in [6.07, 6.45) is 6.78. The van der Waals surface area contributed by atoms with Crippen molar-refractivity contribution in [3.8, 4) is 5.75 Å². The third-order valence-corrected chi connectivity index (χ3v) is 4.45. The number of nitrogens with two attached hydrogens (primary N) is 1. The van der Waals surface area contributed by atoms with E-state index < -0.39 is 0 Å². The van der Waals surface area contributed by atoms with Crippen molar-refractivity contribution in [1.82, 2.24) is 19.6 Å². The van der Waals surface area contributed by atoms with Gasteiger partial charge < -0.3 is 15.2 Å². The second-order valence-corrected chi connectivity index (χ2v) is 6.34. The fourth-order valence-electron chi connectivity index (χ4n) is 2.75. The molecule has 0 radical (unpaired) electrons. The van der Waals surface area contributed by atoms with E-state index in [1.165, 1.54) is 10.8 Å². The van der Waals surface area contributed by atoms with Gasteiger partial charge in [-0.25, -0.2) is 9.97 Å². The molecule has 0 bridgehead atoms. The van der Waals surface area contributed by atoms with Gasteiger partial charge in [-0.2, -0.15) is 9.61 Å². The highest BCUT2D eigenvalue weighted by Crippen LogP contribution is 2.30. The van der Waals surface area contributed by atoms with Gasteiger partial charge in [-0.3, -0.25) is 0 Å². The quantitative estimate of drug-likeness (QED) is 0.578. The van der Waals surface area contributed by atoms with E-state index in [0.717, 1.165) is 42.7 Å². The Balaban J connectivity index is 1.73. The molecule has 0 unspecified atom stereocenters. The second-order valence-electron chi connectivity index (χ2n) is 5.93. The number of halogens is 1. The first-order valence-electron chi connectivity index (χ1n) is 8.53. The lowest BCUT2D eigenvalue weighted by Crippen LogP contribution is -2.04. The first kappa shape index (κ1) is 18.4. The molecule has 0 fully saturated rings. The van der Waals surface area contributed by atoms with E-state index in [9.17, 15) is 0 Å². The second kappa shape index (κ2) is 8.82. The summed E-state index contributed by atoms with van der Waals surface area (Å²) < 4.78 is 12.5. The van der Waals surface area contributed by atoms with Crippen LogP contribution in [0.2, 0.25) is 5.02 Å². The van der Waals surface area contributed by atoms with Gasteiger partial charge in [0.1, 0.15) is 12.1 Å². The highest BCUT2D eigenvalue weighted by Gasteiger charge is 2.14. The Bertz CT molecular complexity index is 868. The van der Waals surface area contributed by atoms with E-state index in [0.29, 0.717) is 29.6 Å². The molecule has 0 atom stereocenters. The largest absolute Gasteiger partial charge is 0.493 e. The number of nitrogens with zero attached hydrogens (tertiary/aromatic N) is 4. The highest BCUT2D eigenvalue weighted by molar-refractivity contribution is 6.31. The molecule has 138 valence electrons. The number of anilines is 1. The van der Waals surface area contributed by atoms with Crippen molar-refractivity contribution in [2.45, 2.75) is 25.7 Å². The van der Waals surface area contributed by atoms with Gasteiger partial charge in [0.05, 0.1) is 12.8 Å². The molecular formula is C18H22ClN5O2. The molecule has 0 aliphatic carbocycles. The van der Waals surface area contributed by atoms with Crippen molar-refractivity contribution >= 4 is 23.2 Å². The SMILES string of the molecule is COCCCCCOc1cccc(Cl)c1Cc1cnn2c(N)ncnc12. The summed E-state index contributed by atoms with van der Waals surface area (Å²) >= 11 is 6.43. The molecule has 26 heavy (non-hydrogen) atoms. The van der Waals surface area contributed by atoms with Crippen LogP contribution in [0.15, 0.2) is 30.7 Å². The zero-order chi connectivity index (χ0) is 18.4. The molecule has 3 rings (SSSR count). The highest BCUT2D eigenvalue weighted by atomic mass is 35.5. The fourth-order valence-corrected chi connectivity index (χ4v) is 2.98. The molecule has 0 amide bonds. The lowest BCUT2D eigenvalue weighted by Gasteiger charge is -2.12. The summed E-state index contributed by atoms with van der Waals surface area (Å²) in [6, 6.07) is 5.69. The zero-order valence-corrected chi connectivity index (χ0v) is 15.4. The van der Waals surface area contributed by atoms with Crippen molar-refractivity contribution in [2.24, 2.45) is 0 Å². The Hall–Kier alpha value is -2.38. The molecule has 0 aliphatic rings. The molecule has 0 saturated carbocycles. The van der Waals surface area contributed by atoms with Crippen LogP contribution < -0.4 is 10.5 Å². The number of hydrogen-bond donors (Lipinski definition) is 1. The molecule has 2 aromatic heterocycles. The Morgan fingerprint density at radius 1 is 1.15 bits per heavy atom. The first-order chi connectivity index (χ1) is 12.7. The molecule has 3 aromatic rings. The lowest BCUT2D eigenvalue weighted by molar-refractivity contribution is 0.189. The first-order valence-corrected chi connectivity index (χ1v) is 8.90. The molecule has 0 aliphatic heterocycles. The van der Waals surface area contributed by atoms with E-state index in [2.05, 4.69) is 15.1 Å². The number of aromatic nitrogens is 4.